The fourth-order valence-electron chi connectivity index (χ4n) is 1.67. The van der Waals surface area contributed by atoms with Gasteiger partial charge in [-0.25, -0.2) is 0 Å². The van der Waals surface area contributed by atoms with Crippen LogP contribution in [0, 0.1) is 0 Å². The zero-order chi connectivity index (χ0) is 9.26. The summed E-state index contributed by atoms with van der Waals surface area (Å²) >= 11 is 1.53. The zero-order valence-electron chi connectivity index (χ0n) is 8.37. The van der Waals surface area contributed by atoms with Crippen molar-refractivity contribution >= 4 is 0 Å². The van der Waals surface area contributed by atoms with Gasteiger partial charge in [-0.1, -0.05) is 0 Å². The van der Waals surface area contributed by atoms with Crippen molar-refractivity contribution in [3.63, 3.8) is 0 Å². The normalized spacial score (nSPS) is 18.5. The minimum atomic E-state index is 0. The van der Waals surface area contributed by atoms with Crippen LogP contribution < -0.4 is 24.8 Å². The van der Waals surface area contributed by atoms with Crippen LogP contribution in [0.3, 0.4) is 0 Å². The van der Waals surface area contributed by atoms with Crippen LogP contribution in [-0.4, -0.2) is 0 Å². The molecule has 15 heavy (non-hydrogen) atoms. The average Bonchev–Trinajstić information content (AvgIpc) is 2.47. The van der Waals surface area contributed by atoms with Crippen molar-refractivity contribution in [1.82, 2.24) is 0 Å². The van der Waals surface area contributed by atoms with Gasteiger partial charge in [-0.05, 0) is 0 Å². The molecule has 1 aromatic rings. The Morgan fingerprint density at radius 3 is 2.13 bits per heavy atom. The van der Waals surface area contributed by atoms with Gasteiger partial charge in [0.05, 0.1) is 0 Å². The van der Waals surface area contributed by atoms with Crippen LogP contribution in [0.1, 0.15) is 18.4 Å². The molecule has 0 saturated heterocycles. The Labute approximate surface area is 119 Å². The first-order valence-corrected chi connectivity index (χ1v) is 5.67. The molecule has 77 valence electrons. The summed E-state index contributed by atoms with van der Waals surface area (Å²) in [6, 6.07) is 10.7. The maximum absolute atomic E-state index is 2.35. The molecular weight excluding hydrogens is 306 g/mol. The van der Waals surface area contributed by atoms with Gasteiger partial charge in [0.25, 0.3) is 0 Å². The smallest absolute Gasteiger partial charge is 1.00 e. The van der Waals surface area contributed by atoms with E-state index in [2.05, 4.69) is 49.4 Å². The average molecular weight is 317 g/mol. The van der Waals surface area contributed by atoms with Gasteiger partial charge in [-0.2, -0.15) is 0 Å². The van der Waals surface area contributed by atoms with E-state index in [9.17, 15) is 0 Å². The van der Waals surface area contributed by atoms with E-state index in [0.29, 0.717) is 5.92 Å². The molecule has 1 aliphatic carbocycles. The molecule has 0 fully saturated rings. The third kappa shape index (κ3) is 3.59. The first kappa shape index (κ1) is 15.2. The van der Waals surface area contributed by atoms with Gasteiger partial charge >= 0.3 is 94.5 Å². The van der Waals surface area contributed by atoms with Crippen molar-refractivity contribution in [2.45, 2.75) is 12.8 Å². The molecule has 0 amide bonds. The van der Waals surface area contributed by atoms with Crippen LogP contribution in [0.4, 0.5) is 0 Å². The topological polar surface area (TPSA) is 0 Å². The Bertz CT molecular complexity index is 368. The molecular formula is C12H11Cl2Zr. The number of hydrogen-bond donors (Lipinski definition) is 0. The number of allylic oxidation sites excluding steroid dienone is 4. The van der Waals surface area contributed by atoms with Crippen LogP contribution in [-0.2, 0) is 24.7 Å². The number of rotatable bonds is 1. The molecule has 2 rings (SSSR count). The quantitative estimate of drug-likeness (QED) is 0.524. The predicted octanol–water partition coefficient (Wildman–Crippen LogP) is -2.83. The summed E-state index contributed by atoms with van der Waals surface area (Å²) in [5, 5.41) is 0. The number of halogens is 2. The summed E-state index contributed by atoms with van der Waals surface area (Å²) in [6.45, 7) is 2.17. The van der Waals surface area contributed by atoms with Gasteiger partial charge in [0.15, 0.2) is 0 Å². The Balaban J connectivity index is 0.000000980. The molecule has 1 aliphatic rings. The summed E-state index contributed by atoms with van der Waals surface area (Å²) in [6.07, 6.45) is 4.65. The minimum Gasteiger partial charge on any atom is -1.00 e. The second-order valence-electron chi connectivity index (χ2n) is 3.40. The SMILES string of the molecule is CC1=CC(c2ccccc2)[C]([Zr+2])=C1.[Cl-].[Cl-]. The van der Waals surface area contributed by atoms with Gasteiger partial charge in [0.1, 0.15) is 0 Å². The summed E-state index contributed by atoms with van der Waals surface area (Å²) < 4.78 is 1.54. The monoisotopic (exact) mass is 315 g/mol. The summed E-state index contributed by atoms with van der Waals surface area (Å²) in [5.41, 5.74) is 2.82. The van der Waals surface area contributed by atoms with Gasteiger partial charge in [0.2, 0.25) is 0 Å². The van der Waals surface area contributed by atoms with Crippen LogP contribution in [0.15, 0.2) is 51.3 Å². The van der Waals surface area contributed by atoms with Gasteiger partial charge in [-0.15, -0.1) is 0 Å². The molecule has 0 saturated carbocycles. The van der Waals surface area contributed by atoms with Crippen molar-refractivity contribution in [3.8, 4) is 0 Å². The third-order valence-corrected chi connectivity index (χ3v) is 3.43. The zero-order valence-corrected chi connectivity index (χ0v) is 12.3. The van der Waals surface area contributed by atoms with Crippen molar-refractivity contribution in [1.29, 1.82) is 0 Å². The van der Waals surface area contributed by atoms with E-state index in [1.807, 2.05) is 0 Å². The Morgan fingerprint density at radius 2 is 1.67 bits per heavy atom. The molecule has 1 unspecified atom stereocenters. The molecule has 0 N–H and O–H groups in total. The fourth-order valence-corrected chi connectivity index (χ4v) is 2.85. The first-order chi connectivity index (χ1) is 6.27. The Kier molecular flexibility index (Phi) is 6.76. The van der Waals surface area contributed by atoms with E-state index in [4.69, 9.17) is 0 Å². The summed E-state index contributed by atoms with van der Waals surface area (Å²) in [5.74, 6) is 0.555. The molecule has 0 heterocycles. The minimum absolute atomic E-state index is 0. The fraction of sp³-hybridized carbons (Fsp3) is 0.167. The van der Waals surface area contributed by atoms with Gasteiger partial charge < -0.3 is 24.8 Å². The van der Waals surface area contributed by atoms with Crippen molar-refractivity contribution < 1.29 is 49.5 Å². The maximum Gasteiger partial charge on any atom is -1.00 e. The van der Waals surface area contributed by atoms with Crippen LogP contribution in [0.2, 0.25) is 0 Å². The maximum atomic E-state index is 2.35. The number of hydrogen-bond acceptors (Lipinski definition) is 0. The summed E-state index contributed by atoms with van der Waals surface area (Å²) in [7, 11) is 0. The van der Waals surface area contributed by atoms with E-state index in [1.165, 1.54) is 39.1 Å². The second-order valence-corrected chi connectivity index (χ2v) is 4.82. The van der Waals surface area contributed by atoms with Crippen molar-refractivity contribution in [3.05, 3.63) is 56.9 Å². The number of benzene rings is 1. The van der Waals surface area contributed by atoms with Crippen LogP contribution >= 0.6 is 0 Å². The molecule has 0 aromatic heterocycles. The predicted molar refractivity (Wildman–Crippen MR) is 51.0 cm³/mol. The molecule has 0 spiro atoms. The van der Waals surface area contributed by atoms with E-state index in [0.717, 1.165) is 0 Å². The van der Waals surface area contributed by atoms with Gasteiger partial charge in [0, 0.05) is 0 Å². The van der Waals surface area contributed by atoms with E-state index < -0.39 is 0 Å². The Hall–Kier alpha value is 0.163. The van der Waals surface area contributed by atoms with Gasteiger partial charge in [-0.3, -0.25) is 0 Å². The molecule has 1 aromatic carbocycles. The molecule has 0 nitrogen and oxygen atoms in total. The van der Waals surface area contributed by atoms with E-state index >= 15 is 0 Å². The molecule has 1 atom stereocenters. The largest absolute Gasteiger partial charge is 1.00 e. The Morgan fingerprint density at radius 1 is 1.07 bits per heavy atom. The van der Waals surface area contributed by atoms with Crippen LogP contribution in [0.5, 0.6) is 0 Å². The van der Waals surface area contributed by atoms with Crippen molar-refractivity contribution in [2.75, 3.05) is 0 Å². The molecule has 0 aliphatic heterocycles. The molecule has 0 bridgehead atoms. The third-order valence-electron chi connectivity index (χ3n) is 2.31. The van der Waals surface area contributed by atoms with E-state index in [1.54, 1.807) is 0 Å². The summed E-state index contributed by atoms with van der Waals surface area (Å²) in [4.78, 5) is 0. The molecule has 3 heteroatoms. The van der Waals surface area contributed by atoms with Crippen LogP contribution in [0.25, 0.3) is 0 Å². The molecule has 0 radical (unpaired) electrons. The van der Waals surface area contributed by atoms with E-state index in [-0.39, 0.29) is 24.8 Å². The first-order valence-electron chi connectivity index (χ1n) is 4.44. The van der Waals surface area contributed by atoms with Crippen molar-refractivity contribution in [2.24, 2.45) is 0 Å². The standard InChI is InChI=1S/C12H11.2ClH.Zr/c1-10-7-8-12(9-10)11-5-3-2-4-6-11;;;/h2-7,9,12H,1H3;2*1H;/q;;;+2/p-2. The second kappa shape index (κ2) is 6.68.